The highest BCUT2D eigenvalue weighted by molar-refractivity contribution is 6.32. The van der Waals surface area contributed by atoms with Gasteiger partial charge in [0.1, 0.15) is 18.5 Å². The van der Waals surface area contributed by atoms with Crippen molar-refractivity contribution in [3.63, 3.8) is 0 Å². The number of aromatic amines is 1. The van der Waals surface area contributed by atoms with Crippen LogP contribution in [0, 0.1) is 20.2 Å². The smallest absolute Gasteiger partial charge is 0.358 e. The molecule has 2 aromatic carbocycles. The molecule has 0 radical (unpaired) electrons. The summed E-state index contributed by atoms with van der Waals surface area (Å²) in [5, 5.41) is 33.0. The topological polar surface area (TPSA) is 230 Å². The molecule has 4 rings (SSSR count). The molecule has 49 heavy (non-hydrogen) atoms. The lowest BCUT2D eigenvalue weighted by atomic mass is 9.98. The number of aromatic nitrogens is 6. The lowest BCUT2D eigenvalue weighted by Crippen LogP contribution is -2.24. The van der Waals surface area contributed by atoms with Crippen LogP contribution in [-0.4, -0.2) is 78.2 Å². The van der Waals surface area contributed by atoms with E-state index in [-0.39, 0.29) is 43.3 Å². The van der Waals surface area contributed by atoms with Gasteiger partial charge in [0.15, 0.2) is 17.5 Å². The predicted molar refractivity (Wildman–Crippen MR) is 170 cm³/mol. The van der Waals surface area contributed by atoms with Crippen molar-refractivity contribution >= 4 is 23.5 Å². The molecule has 1 atom stereocenters. The van der Waals surface area contributed by atoms with Crippen LogP contribution in [0.15, 0.2) is 48.5 Å². The summed E-state index contributed by atoms with van der Waals surface area (Å²) in [6.07, 6.45) is 1.67. The number of imidazole rings is 1. The molecule has 0 bridgehead atoms. The van der Waals surface area contributed by atoms with Gasteiger partial charge in [-0.2, -0.15) is 5.21 Å². The van der Waals surface area contributed by atoms with Crippen LogP contribution in [0.3, 0.4) is 0 Å². The van der Waals surface area contributed by atoms with Crippen molar-refractivity contribution in [3.8, 4) is 22.5 Å². The summed E-state index contributed by atoms with van der Waals surface area (Å²) in [6, 6.07) is 15.4. The van der Waals surface area contributed by atoms with E-state index >= 15 is 0 Å². The van der Waals surface area contributed by atoms with Gasteiger partial charge in [-0.1, -0.05) is 73.5 Å². The van der Waals surface area contributed by atoms with Gasteiger partial charge in [-0.3, -0.25) is 0 Å². The molecule has 2 aromatic heterocycles. The van der Waals surface area contributed by atoms with Gasteiger partial charge in [0.05, 0.1) is 6.61 Å². The molecule has 18 nitrogen and oxygen atoms in total. The maximum atomic E-state index is 13.2. The normalized spacial score (nSPS) is 11.5. The Morgan fingerprint density at radius 1 is 1.00 bits per heavy atom. The third-order valence-electron chi connectivity index (χ3n) is 7.18. The number of hydrogen-bond donors (Lipinski definition) is 1. The summed E-state index contributed by atoms with van der Waals surface area (Å²) in [5.41, 5.74) is 3.51. The highest BCUT2D eigenvalue weighted by Gasteiger charge is 2.25. The van der Waals surface area contributed by atoms with Gasteiger partial charge in [0.25, 0.3) is 10.2 Å². The van der Waals surface area contributed by atoms with Gasteiger partial charge in [-0.25, -0.2) is 14.6 Å². The number of ether oxygens (including phenoxy) is 2. The largest absolute Gasteiger partial charge is 0.463 e. The minimum Gasteiger partial charge on any atom is -0.463 e. The zero-order valence-electron chi connectivity index (χ0n) is 26.4. The number of aryl methyl sites for hydroxylation is 1. The van der Waals surface area contributed by atoms with E-state index in [4.69, 9.17) is 21.1 Å². The summed E-state index contributed by atoms with van der Waals surface area (Å²) < 4.78 is 12.0. The number of H-pyrrole nitrogens is 1. The Kier molecular flexibility index (Phi) is 13.3. The Balaban J connectivity index is 1.36. The molecular formula is C30H33ClN8O10. The Morgan fingerprint density at radius 2 is 1.76 bits per heavy atom. The molecule has 19 heteroatoms. The minimum atomic E-state index is -1.16. The molecule has 0 fully saturated rings. The van der Waals surface area contributed by atoms with Crippen LogP contribution in [-0.2, 0) is 36.9 Å². The van der Waals surface area contributed by atoms with E-state index in [9.17, 15) is 29.8 Å². The third-order valence-corrected chi connectivity index (χ3v) is 7.44. The fraction of sp³-hybridized carbons (Fsp3) is 0.400. The van der Waals surface area contributed by atoms with E-state index < -0.39 is 41.4 Å². The van der Waals surface area contributed by atoms with Crippen molar-refractivity contribution in [2.75, 3.05) is 19.8 Å². The van der Waals surface area contributed by atoms with Crippen molar-refractivity contribution in [2.45, 2.75) is 58.1 Å². The van der Waals surface area contributed by atoms with E-state index in [1.165, 1.54) is 0 Å². The number of nitrogens with zero attached hydrogens (tertiary/aromatic N) is 7. The number of hydrogen-bond acceptors (Lipinski definition) is 14. The average molecular weight is 701 g/mol. The number of halogens is 1. The molecule has 0 aliphatic rings. The van der Waals surface area contributed by atoms with Crippen LogP contribution in [0.25, 0.3) is 22.5 Å². The monoisotopic (exact) mass is 700 g/mol. The number of esters is 2. The van der Waals surface area contributed by atoms with Crippen LogP contribution >= 0.6 is 11.6 Å². The Labute approximate surface area is 283 Å². The molecule has 0 spiro atoms. The van der Waals surface area contributed by atoms with E-state index in [0.29, 0.717) is 18.1 Å². The van der Waals surface area contributed by atoms with Crippen LogP contribution < -0.4 is 0 Å². The van der Waals surface area contributed by atoms with Crippen molar-refractivity contribution < 1.29 is 38.9 Å². The maximum Gasteiger partial charge on any atom is 0.358 e. The number of benzene rings is 2. The molecule has 2 heterocycles. The summed E-state index contributed by atoms with van der Waals surface area (Å²) in [5.74, 6) is -0.616. The fourth-order valence-electron chi connectivity index (χ4n) is 4.86. The van der Waals surface area contributed by atoms with Gasteiger partial charge in [0.2, 0.25) is 5.82 Å². The Bertz CT molecular complexity index is 1720. The Hall–Kier alpha value is -5.65. The molecule has 0 saturated carbocycles. The van der Waals surface area contributed by atoms with Crippen LogP contribution in [0.2, 0.25) is 5.15 Å². The summed E-state index contributed by atoms with van der Waals surface area (Å²) in [6.45, 7) is 0.889. The standard InChI is InChI=1S/C30H33ClN8O10/c1-2-3-11-25-32-28(31)27(30(41)47-19-26(40)46-16-7-6-8-22(49-39(44)45)18-48-38(42)43)37(25)17-20-12-14-21(15-13-20)23-9-4-5-10-24(23)29-33-35-36-34-29/h4-5,9-10,12-15,22H,2-3,6-8,11,16-19H2,1H3,(H,33,34,35,36)/t22-/m0/s1. The van der Waals surface area contributed by atoms with Crippen molar-refractivity contribution in [3.05, 3.63) is 91.0 Å². The first-order valence-corrected chi connectivity index (χ1v) is 15.6. The number of nitrogens with one attached hydrogen (secondary N) is 1. The van der Waals surface area contributed by atoms with Gasteiger partial charge in [-0.05, 0) is 47.6 Å². The number of rotatable bonds is 20. The number of tetrazole rings is 1. The molecule has 0 aliphatic heterocycles. The number of unbranched alkanes of at least 4 members (excludes halogenated alkanes) is 2. The molecule has 4 aromatic rings. The summed E-state index contributed by atoms with van der Waals surface area (Å²) >= 11 is 6.43. The molecule has 0 unspecified atom stereocenters. The van der Waals surface area contributed by atoms with Crippen molar-refractivity contribution in [2.24, 2.45) is 0 Å². The van der Waals surface area contributed by atoms with Gasteiger partial charge < -0.3 is 23.7 Å². The molecule has 0 amide bonds. The number of carbonyl (C=O) groups excluding carboxylic acids is 2. The third kappa shape index (κ3) is 10.7. The van der Waals surface area contributed by atoms with Gasteiger partial charge in [0, 0.05) is 18.5 Å². The molecule has 0 saturated heterocycles. The van der Waals surface area contributed by atoms with E-state index in [0.717, 1.165) is 35.1 Å². The van der Waals surface area contributed by atoms with E-state index in [1.54, 1.807) is 4.57 Å². The van der Waals surface area contributed by atoms with E-state index in [1.807, 2.05) is 55.5 Å². The highest BCUT2D eigenvalue weighted by Crippen LogP contribution is 2.30. The quantitative estimate of drug-likeness (QED) is 0.0582. The first-order chi connectivity index (χ1) is 23.7. The minimum absolute atomic E-state index is 0.000809. The van der Waals surface area contributed by atoms with Gasteiger partial charge in [-0.15, -0.1) is 30.4 Å². The Morgan fingerprint density at radius 3 is 2.43 bits per heavy atom. The van der Waals surface area contributed by atoms with Crippen molar-refractivity contribution in [1.29, 1.82) is 0 Å². The second kappa shape index (κ2) is 18.0. The SMILES string of the molecule is CCCCc1nc(Cl)c(C(=O)OCC(=O)OCCCC[C@@H](CO[N+](=O)[O-])O[N+](=O)[O-])n1Cc1ccc(-c2ccccc2-c2nn[nH]n2)cc1. The van der Waals surface area contributed by atoms with Crippen LogP contribution in [0.4, 0.5) is 0 Å². The second-order valence-corrected chi connectivity index (χ2v) is 11.0. The van der Waals surface area contributed by atoms with Crippen molar-refractivity contribution in [1.82, 2.24) is 30.2 Å². The second-order valence-electron chi connectivity index (χ2n) is 10.6. The van der Waals surface area contributed by atoms with Crippen LogP contribution in [0.1, 0.15) is 60.9 Å². The molecule has 0 aliphatic carbocycles. The number of carbonyl (C=O) groups is 2. The van der Waals surface area contributed by atoms with Crippen LogP contribution in [0.5, 0.6) is 0 Å². The zero-order valence-corrected chi connectivity index (χ0v) is 27.1. The predicted octanol–water partition coefficient (Wildman–Crippen LogP) is 4.43. The van der Waals surface area contributed by atoms with E-state index in [2.05, 4.69) is 35.3 Å². The first kappa shape index (κ1) is 36.2. The van der Waals surface area contributed by atoms with Gasteiger partial charge >= 0.3 is 11.9 Å². The highest BCUT2D eigenvalue weighted by atomic mass is 35.5. The molecular weight excluding hydrogens is 668 g/mol. The average Bonchev–Trinajstić information content (AvgIpc) is 3.73. The zero-order chi connectivity index (χ0) is 35.2. The summed E-state index contributed by atoms with van der Waals surface area (Å²) in [7, 11) is 0. The molecule has 260 valence electrons. The summed E-state index contributed by atoms with van der Waals surface area (Å²) in [4.78, 5) is 59.3. The lowest BCUT2D eigenvalue weighted by molar-refractivity contribution is -0.790. The lowest BCUT2D eigenvalue weighted by Gasteiger charge is -2.14. The fourth-order valence-corrected chi connectivity index (χ4v) is 5.14. The first-order valence-electron chi connectivity index (χ1n) is 15.2. The maximum absolute atomic E-state index is 13.2. The molecule has 1 N–H and O–H groups in total.